The van der Waals surface area contributed by atoms with Gasteiger partial charge in [0.2, 0.25) is 5.91 Å². The highest BCUT2D eigenvalue weighted by Gasteiger charge is 2.35. The highest BCUT2D eigenvalue weighted by atomic mass is 16.2. The van der Waals surface area contributed by atoms with Gasteiger partial charge in [-0.15, -0.1) is 0 Å². The standard InChI is InChI=1S/C18H35NO/c1-4-6-8-9-11-15-18(3,14-7-5-2)19-16-12-10-13-17(19)20/h4-16H2,1-3H3. The van der Waals surface area contributed by atoms with Crippen LogP contribution in [0.25, 0.3) is 0 Å². The lowest BCUT2D eigenvalue weighted by atomic mass is 9.85. The summed E-state index contributed by atoms with van der Waals surface area (Å²) in [6, 6.07) is 0. The Morgan fingerprint density at radius 3 is 2.25 bits per heavy atom. The average Bonchev–Trinajstić information content (AvgIpc) is 2.45. The van der Waals surface area contributed by atoms with Crippen LogP contribution in [0, 0.1) is 0 Å². The van der Waals surface area contributed by atoms with Crippen LogP contribution in [0.1, 0.15) is 97.8 Å². The first-order chi connectivity index (χ1) is 9.64. The number of hydrogen-bond donors (Lipinski definition) is 0. The van der Waals surface area contributed by atoms with Crippen LogP contribution in [0.5, 0.6) is 0 Å². The number of carbonyl (C=O) groups excluding carboxylic acids is 1. The number of likely N-dealkylation sites (tertiary alicyclic amines) is 1. The van der Waals surface area contributed by atoms with Gasteiger partial charge in [0.1, 0.15) is 0 Å². The van der Waals surface area contributed by atoms with Crippen LogP contribution in [-0.4, -0.2) is 22.9 Å². The molecule has 0 spiro atoms. The van der Waals surface area contributed by atoms with E-state index < -0.39 is 0 Å². The summed E-state index contributed by atoms with van der Waals surface area (Å²) in [4.78, 5) is 14.5. The molecular weight excluding hydrogens is 246 g/mol. The van der Waals surface area contributed by atoms with Gasteiger partial charge in [-0.05, 0) is 32.6 Å². The Balaban J connectivity index is 2.52. The topological polar surface area (TPSA) is 20.3 Å². The maximum absolute atomic E-state index is 12.3. The molecule has 0 bridgehead atoms. The fourth-order valence-corrected chi connectivity index (χ4v) is 3.44. The van der Waals surface area contributed by atoms with Crippen LogP contribution in [-0.2, 0) is 4.79 Å². The van der Waals surface area contributed by atoms with Gasteiger partial charge in [-0.1, -0.05) is 58.8 Å². The van der Waals surface area contributed by atoms with Gasteiger partial charge in [0.15, 0.2) is 0 Å². The Morgan fingerprint density at radius 1 is 0.950 bits per heavy atom. The number of hydrogen-bond acceptors (Lipinski definition) is 1. The molecule has 0 aliphatic carbocycles. The summed E-state index contributed by atoms with van der Waals surface area (Å²) in [6.07, 6.45) is 14.5. The molecule has 0 radical (unpaired) electrons. The summed E-state index contributed by atoms with van der Waals surface area (Å²) in [5.74, 6) is 0.406. The average molecular weight is 281 g/mol. The van der Waals surface area contributed by atoms with Gasteiger partial charge in [-0.3, -0.25) is 4.79 Å². The molecule has 118 valence electrons. The zero-order chi connectivity index (χ0) is 14.8. The smallest absolute Gasteiger partial charge is 0.223 e. The molecule has 0 aromatic carbocycles. The summed E-state index contributed by atoms with van der Waals surface area (Å²) in [6.45, 7) is 7.84. The Labute approximate surface area is 126 Å². The number of piperidine rings is 1. The van der Waals surface area contributed by atoms with E-state index in [9.17, 15) is 4.79 Å². The minimum Gasteiger partial charge on any atom is -0.337 e. The molecule has 0 aromatic rings. The molecule has 1 atom stereocenters. The SMILES string of the molecule is CCCCCCCC(C)(CCCC)N1CCCCC1=O. The van der Waals surface area contributed by atoms with Gasteiger partial charge in [-0.2, -0.15) is 0 Å². The van der Waals surface area contributed by atoms with E-state index in [0.29, 0.717) is 5.91 Å². The minimum atomic E-state index is 0.125. The van der Waals surface area contributed by atoms with Crippen LogP contribution in [0.4, 0.5) is 0 Å². The molecule has 2 heteroatoms. The van der Waals surface area contributed by atoms with E-state index in [1.165, 1.54) is 64.2 Å². The van der Waals surface area contributed by atoms with Gasteiger partial charge < -0.3 is 4.90 Å². The van der Waals surface area contributed by atoms with Gasteiger partial charge in [0.05, 0.1) is 0 Å². The maximum atomic E-state index is 12.3. The molecule has 1 unspecified atom stereocenters. The number of nitrogens with zero attached hydrogens (tertiary/aromatic N) is 1. The van der Waals surface area contributed by atoms with Crippen molar-refractivity contribution in [2.45, 2.75) is 103 Å². The van der Waals surface area contributed by atoms with E-state index >= 15 is 0 Å². The maximum Gasteiger partial charge on any atom is 0.223 e. The van der Waals surface area contributed by atoms with Crippen LogP contribution < -0.4 is 0 Å². The van der Waals surface area contributed by atoms with E-state index in [0.717, 1.165) is 19.4 Å². The Bertz CT molecular complexity index is 277. The van der Waals surface area contributed by atoms with Crippen LogP contribution in [0.15, 0.2) is 0 Å². The lowest BCUT2D eigenvalue weighted by Crippen LogP contribution is -2.51. The third kappa shape index (κ3) is 5.46. The Morgan fingerprint density at radius 2 is 1.60 bits per heavy atom. The lowest BCUT2D eigenvalue weighted by Gasteiger charge is -2.44. The largest absolute Gasteiger partial charge is 0.337 e. The zero-order valence-electron chi connectivity index (χ0n) is 14.0. The molecule has 1 heterocycles. The quantitative estimate of drug-likeness (QED) is 0.497. The van der Waals surface area contributed by atoms with E-state index in [1.807, 2.05) is 0 Å². The molecule has 1 amide bonds. The summed E-state index contributed by atoms with van der Waals surface area (Å²) in [5.41, 5.74) is 0.125. The van der Waals surface area contributed by atoms with E-state index in [1.54, 1.807) is 0 Å². The lowest BCUT2D eigenvalue weighted by molar-refractivity contribution is -0.140. The second kappa shape index (κ2) is 9.41. The van der Waals surface area contributed by atoms with Crippen molar-refractivity contribution in [3.05, 3.63) is 0 Å². The minimum absolute atomic E-state index is 0.125. The fourth-order valence-electron chi connectivity index (χ4n) is 3.44. The molecule has 1 saturated heterocycles. The summed E-state index contributed by atoms with van der Waals surface area (Å²) in [5, 5.41) is 0. The fraction of sp³-hybridized carbons (Fsp3) is 0.944. The van der Waals surface area contributed by atoms with Gasteiger partial charge in [-0.25, -0.2) is 0 Å². The van der Waals surface area contributed by atoms with Crippen molar-refractivity contribution in [2.75, 3.05) is 6.54 Å². The number of amides is 1. The molecule has 1 rings (SSSR count). The van der Waals surface area contributed by atoms with E-state index in [-0.39, 0.29) is 5.54 Å². The normalized spacial score (nSPS) is 19.1. The van der Waals surface area contributed by atoms with Crippen LogP contribution >= 0.6 is 0 Å². The highest BCUT2D eigenvalue weighted by molar-refractivity contribution is 5.77. The van der Waals surface area contributed by atoms with Crippen LogP contribution in [0.2, 0.25) is 0 Å². The molecule has 1 aliphatic rings. The molecule has 1 fully saturated rings. The van der Waals surface area contributed by atoms with E-state index in [4.69, 9.17) is 0 Å². The van der Waals surface area contributed by atoms with Crippen molar-refractivity contribution in [3.8, 4) is 0 Å². The van der Waals surface area contributed by atoms with Crippen LogP contribution in [0.3, 0.4) is 0 Å². The monoisotopic (exact) mass is 281 g/mol. The van der Waals surface area contributed by atoms with Gasteiger partial charge in [0.25, 0.3) is 0 Å². The van der Waals surface area contributed by atoms with Crippen molar-refractivity contribution < 1.29 is 4.79 Å². The first kappa shape index (κ1) is 17.5. The molecule has 0 aromatic heterocycles. The first-order valence-electron chi connectivity index (χ1n) is 8.94. The zero-order valence-corrected chi connectivity index (χ0v) is 14.0. The van der Waals surface area contributed by atoms with Crippen molar-refractivity contribution in [1.82, 2.24) is 4.90 Å². The second-order valence-corrected chi connectivity index (χ2v) is 6.77. The molecule has 1 aliphatic heterocycles. The number of carbonyl (C=O) groups is 1. The van der Waals surface area contributed by atoms with Crippen molar-refractivity contribution in [1.29, 1.82) is 0 Å². The van der Waals surface area contributed by atoms with Gasteiger partial charge in [0, 0.05) is 18.5 Å². The number of unbranched alkanes of at least 4 members (excludes halogenated alkanes) is 5. The Kier molecular flexibility index (Phi) is 8.25. The molecule has 20 heavy (non-hydrogen) atoms. The summed E-state index contributed by atoms with van der Waals surface area (Å²) in [7, 11) is 0. The number of rotatable bonds is 10. The van der Waals surface area contributed by atoms with Crippen molar-refractivity contribution >= 4 is 5.91 Å². The molecule has 0 saturated carbocycles. The predicted molar refractivity (Wildman–Crippen MR) is 86.9 cm³/mol. The van der Waals surface area contributed by atoms with E-state index in [2.05, 4.69) is 25.7 Å². The third-order valence-corrected chi connectivity index (χ3v) is 4.86. The second-order valence-electron chi connectivity index (χ2n) is 6.77. The first-order valence-corrected chi connectivity index (χ1v) is 8.94. The van der Waals surface area contributed by atoms with Crippen molar-refractivity contribution in [3.63, 3.8) is 0 Å². The summed E-state index contributed by atoms with van der Waals surface area (Å²) < 4.78 is 0. The molecule has 0 N–H and O–H groups in total. The third-order valence-electron chi connectivity index (χ3n) is 4.86. The summed E-state index contributed by atoms with van der Waals surface area (Å²) >= 11 is 0. The van der Waals surface area contributed by atoms with Gasteiger partial charge >= 0.3 is 0 Å². The highest BCUT2D eigenvalue weighted by Crippen LogP contribution is 2.31. The predicted octanol–water partition coefficient (Wildman–Crippen LogP) is 5.31. The Hall–Kier alpha value is -0.530. The molecule has 2 nitrogen and oxygen atoms in total. The van der Waals surface area contributed by atoms with Crippen molar-refractivity contribution in [2.24, 2.45) is 0 Å². The molecular formula is C18H35NO.